The Morgan fingerprint density at radius 3 is 2.45 bits per heavy atom. The second-order valence-electron chi connectivity index (χ2n) is 10.4. The molecule has 1 unspecified atom stereocenters. The average Bonchev–Trinajstić information content (AvgIpc) is 3.12. The number of nitrogens with one attached hydrogen (secondary N) is 1. The number of hydrogen-bond donors (Lipinski definition) is 1. The number of benzene rings is 1. The van der Waals surface area contributed by atoms with Crippen LogP contribution in [0.25, 0.3) is 0 Å². The van der Waals surface area contributed by atoms with E-state index in [0.29, 0.717) is 18.6 Å². The van der Waals surface area contributed by atoms with Crippen LogP contribution in [0.4, 0.5) is 0 Å². The van der Waals surface area contributed by atoms with Crippen LogP contribution in [0.3, 0.4) is 0 Å². The molecule has 0 aliphatic carbocycles. The maximum absolute atomic E-state index is 12.6. The zero-order valence-electron chi connectivity index (χ0n) is 20.9. The first kappa shape index (κ1) is 25.6. The van der Waals surface area contributed by atoms with Gasteiger partial charge in [0.1, 0.15) is 6.23 Å². The molecular formula is C25H38N2O5Si. The van der Waals surface area contributed by atoms with Gasteiger partial charge >= 0.3 is 5.69 Å². The molecule has 2 heterocycles. The van der Waals surface area contributed by atoms with Gasteiger partial charge in [-0.25, -0.2) is 4.79 Å². The number of aromatic amines is 1. The first-order valence-electron chi connectivity index (χ1n) is 11.7. The second kappa shape index (κ2) is 10.1. The van der Waals surface area contributed by atoms with Gasteiger partial charge in [0.25, 0.3) is 5.56 Å². The molecule has 33 heavy (non-hydrogen) atoms. The van der Waals surface area contributed by atoms with Gasteiger partial charge in [-0.05, 0) is 42.6 Å². The van der Waals surface area contributed by atoms with Gasteiger partial charge in [0.2, 0.25) is 0 Å². The molecule has 2 aromatic rings. The van der Waals surface area contributed by atoms with Gasteiger partial charge in [-0.3, -0.25) is 14.3 Å². The summed E-state index contributed by atoms with van der Waals surface area (Å²) in [5.41, 5.74) is 1.69. The summed E-state index contributed by atoms with van der Waals surface area (Å²) < 4.78 is 20.1. The highest BCUT2D eigenvalue weighted by molar-refractivity contribution is 6.74. The van der Waals surface area contributed by atoms with Crippen molar-refractivity contribution in [1.29, 1.82) is 0 Å². The normalized spacial score (nSPS) is 21.5. The average molecular weight is 475 g/mol. The Morgan fingerprint density at radius 2 is 1.82 bits per heavy atom. The van der Waals surface area contributed by atoms with Crippen LogP contribution in [0.1, 0.15) is 63.5 Å². The number of aromatic nitrogens is 2. The third-order valence-corrected chi connectivity index (χ3v) is 11.5. The molecule has 7 nitrogen and oxygen atoms in total. The molecular weight excluding hydrogens is 436 g/mol. The highest BCUT2D eigenvalue weighted by Crippen LogP contribution is 2.41. The third kappa shape index (κ3) is 5.92. The van der Waals surface area contributed by atoms with Crippen molar-refractivity contribution >= 4 is 8.32 Å². The Balaban J connectivity index is 1.75. The minimum absolute atomic E-state index is 0.0829. The molecule has 0 saturated carbocycles. The van der Waals surface area contributed by atoms with E-state index in [1.54, 1.807) is 6.20 Å². The van der Waals surface area contributed by atoms with E-state index in [4.69, 9.17) is 13.9 Å². The predicted octanol–water partition coefficient (Wildman–Crippen LogP) is 4.65. The van der Waals surface area contributed by atoms with E-state index in [0.717, 1.165) is 17.5 Å². The minimum atomic E-state index is -1.99. The molecule has 1 N–H and O–H groups in total. The molecule has 3 rings (SSSR count). The van der Waals surface area contributed by atoms with Gasteiger partial charge in [0, 0.05) is 12.6 Å². The quantitative estimate of drug-likeness (QED) is 0.563. The summed E-state index contributed by atoms with van der Waals surface area (Å²) in [4.78, 5) is 27.4. The molecule has 1 fully saturated rings. The SMILES string of the molecule is CC[C@H]1O[C@@H](n2cc(COCc3ccccc3C)c(=O)[nH]c2=O)CC1O[Si](C)(C)C(C)(C)C. The van der Waals surface area contributed by atoms with Gasteiger partial charge in [-0.1, -0.05) is 52.0 Å². The lowest BCUT2D eigenvalue weighted by Gasteiger charge is -2.39. The Bertz CT molecular complexity index is 1070. The van der Waals surface area contributed by atoms with Crippen LogP contribution in [0, 0.1) is 6.92 Å². The number of ether oxygens (including phenoxy) is 2. The fraction of sp³-hybridized carbons (Fsp3) is 0.600. The van der Waals surface area contributed by atoms with Gasteiger partial charge in [0.05, 0.1) is 31.0 Å². The summed E-state index contributed by atoms with van der Waals surface area (Å²) in [6.45, 7) is 15.7. The van der Waals surface area contributed by atoms with Gasteiger partial charge in [-0.15, -0.1) is 0 Å². The molecule has 1 saturated heterocycles. The standard InChI is InChI=1S/C25H38N2O5Si/c1-8-20-21(32-33(6,7)25(3,4)5)13-22(31-20)27-14-19(23(28)26-24(27)29)16-30-15-18-12-10-9-11-17(18)2/h9-12,14,20-22H,8,13,15-16H2,1-7H3,(H,26,28,29)/t20-,21?,22-/m1/s1. The highest BCUT2D eigenvalue weighted by atomic mass is 28.4. The lowest BCUT2D eigenvalue weighted by molar-refractivity contribution is -0.0201. The summed E-state index contributed by atoms with van der Waals surface area (Å²) >= 11 is 0. The van der Waals surface area contributed by atoms with E-state index in [2.05, 4.69) is 45.8 Å². The van der Waals surface area contributed by atoms with Crippen molar-refractivity contribution < 1.29 is 13.9 Å². The molecule has 0 amide bonds. The van der Waals surface area contributed by atoms with Gasteiger partial charge < -0.3 is 13.9 Å². The van der Waals surface area contributed by atoms with Crippen LogP contribution in [-0.2, 0) is 27.1 Å². The monoisotopic (exact) mass is 474 g/mol. The minimum Gasteiger partial charge on any atom is -0.411 e. The first-order valence-corrected chi connectivity index (χ1v) is 14.6. The number of hydrogen-bond acceptors (Lipinski definition) is 5. The number of aryl methyl sites for hydroxylation is 1. The molecule has 1 aliphatic rings. The summed E-state index contributed by atoms with van der Waals surface area (Å²) in [6.07, 6.45) is 2.28. The zero-order chi connectivity index (χ0) is 24.4. The molecule has 3 atom stereocenters. The Hall–Kier alpha value is -2.00. The van der Waals surface area contributed by atoms with Crippen LogP contribution in [-0.4, -0.2) is 30.1 Å². The van der Waals surface area contributed by atoms with Crippen LogP contribution in [0.15, 0.2) is 40.1 Å². The Kier molecular flexibility index (Phi) is 7.83. The smallest absolute Gasteiger partial charge is 0.330 e. The van der Waals surface area contributed by atoms with E-state index < -0.39 is 25.8 Å². The zero-order valence-corrected chi connectivity index (χ0v) is 21.9. The lowest BCUT2D eigenvalue weighted by atomic mass is 10.1. The summed E-state index contributed by atoms with van der Waals surface area (Å²) in [5.74, 6) is 0. The Morgan fingerprint density at radius 1 is 1.15 bits per heavy atom. The maximum atomic E-state index is 12.6. The van der Waals surface area contributed by atoms with Gasteiger partial charge in [0.15, 0.2) is 8.32 Å². The number of nitrogens with zero attached hydrogens (tertiary/aromatic N) is 1. The largest absolute Gasteiger partial charge is 0.411 e. The van der Waals surface area contributed by atoms with E-state index in [1.807, 2.05) is 31.2 Å². The maximum Gasteiger partial charge on any atom is 0.330 e. The van der Waals surface area contributed by atoms with Crippen molar-refractivity contribution in [3.8, 4) is 0 Å². The molecule has 8 heteroatoms. The molecule has 0 spiro atoms. The summed E-state index contributed by atoms with van der Waals surface area (Å²) in [5, 5.41) is 0.0832. The molecule has 1 aliphatic heterocycles. The van der Waals surface area contributed by atoms with Crippen molar-refractivity contribution in [2.45, 2.75) is 97.2 Å². The van der Waals surface area contributed by atoms with Crippen LogP contribution in [0.2, 0.25) is 18.1 Å². The molecule has 0 radical (unpaired) electrons. The van der Waals surface area contributed by atoms with Crippen molar-refractivity contribution in [3.05, 3.63) is 68.0 Å². The van der Waals surface area contributed by atoms with E-state index in [9.17, 15) is 9.59 Å². The lowest BCUT2D eigenvalue weighted by Crippen LogP contribution is -2.45. The predicted molar refractivity (Wildman–Crippen MR) is 132 cm³/mol. The second-order valence-corrected chi connectivity index (χ2v) is 15.2. The first-order chi connectivity index (χ1) is 15.4. The van der Waals surface area contributed by atoms with Crippen molar-refractivity contribution in [2.75, 3.05) is 0 Å². The summed E-state index contributed by atoms with van der Waals surface area (Å²) in [7, 11) is -1.99. The van der Waals surface area contributed by atoms with Crippen LogP contribution >= 0.6 is 0 Å². The van der Waals surface area contributed by atoms with Gasteiger partial charge in [-0.2, -0.15) is 0 Å². The topological polar surface area (TPSA) is 82.5 Å². The van der Waals surface area contributed by atoms with Crippen LogP contribution < -0.4 is 11.2 Å². The fourth-order valence-electron chi connectivity index (χ4n) is 3.80. The van der Waals surface area contributed by atoms with Crippen molar-refractivity contribution in [2.24, 2.45) is 0 Å². The van der Waals surface area contributed by atoms with Crippen LogP contribution in [0.5, 0.6) is 0 Å². The third-order valence-electron chi connectivity index (χ3n) is 6.96. The fourth-order valence-corrected chi connectivity index (χ4v) is 5.16. The Labute approximate surface area is 197 Å². The number of H-pyrrole nitrogens is 1. The highest BCUT2D eigenvalue weighted by Gasteiger charge is 2.44. The van der Waals surface area contributed by atoms with E-state index >= 15 is 0 Å². The molecule has 182 valence electrons. The van der Waals surface area contributed by atoms with E-state index in [1.165, 1.54) is 4.57 Å². The molecule has 0 bridgehead atoms. The molecule has 1 aromatic heterocycles. The van der Waals surface area contributed by atoms with Crippen molar-refractivity contribution in [3.63, 3.8) is 0 Å². The summed E-state index contributed by atoms with van der Waals surface area (Å²) in [6, 6.07) is 7.96. The van der Waals surface area contributed by atoms with E-state index in [-0.39, 0.29) is 23.9 Å². The molecule has 1 aromatic carbocycles. The van der Waals surface area contributed by atoms with Crippen molar-refractivity contribution in [1.82, 2.24) is 9.55 Å². The number of rotatable bonds is 8.